The van der Waals surface area contributed by atoms with E-state index in [4.69, 9.17) is 15.2 Å². The Balaban J connectivity index is 2.63. The summed E-state index contributed by atoms with van der Waals surface area (Å²) in [5, 5.41) is 0. The van der Waals surface area contributed by atoms with Gasteiger partial charge in [-0.15, -0.1) is 0 Å². The molecule has 0 aromatic heterocycles. The van der Waals surface area contributed by atoms with Crippen molar-refractivity contribution < 1.29 is 19.0 Å². The molecule has 0 unspecified atom stereocenters. The van der Waals surface area contributed by atoms with Gasteiger partial charge >= 0.3 is 5.97 Å². The molecule has 0 heterocycles. The van der Waals surface area contributed by atoms with Crippen LogP contribution in [-0.2, 0) is 9.53 Å². The molecule has 1 aromatic carbocycles. The van der Waals surface area contributed by atoms with Gasteiger partial charge in [0, 0.05) is 6.07 Å². The van der Waals surface area contributed by atoms with Crippen molar-refractivity contribution in [3.8, 4) is 11.5 Å². The van der Waals surface area contributed by atoms with Crippen LogP contribution in [0.2, 0.25) is 0 Å². The highest BCUT2D eigenvalue weighted by atomic mass is 16.6. The lowest BCUT2D eigenvalue weighted by molar-refractivity contribution is -0.142. The molecule has 0 spiro atoms. The lowest BCUT2D eigenvalue weighted by Crippen LogP contribution is -2.12. The summed E-state index contributed by atoms with van der Waals surface area (Å²) in [7, 11) is 2.83. The standard InChI is InChI=1S/C10H13NO4/c1-13-9-4-3-7(5-8(9)11)15-6-10(12)14-2/h3-5H,6,11H2,1-2H3. The van der Waals surface area contributed by atoms with Crippen molar-refractivity contribution in [2.75, 3.05) is 26.6 Å². The van der Waals surface area contributed by atoms with E-state index in [9.17, 15) is 4.79 Å². The third kappa shape index (κ3) is 3.05. The first-order valence-corrected chi connectivity index (χ1v) is 4.30. The molecule has 0 saturated carbocycles. The van der Waals surface area contributed by atoms with Gasteiger partial charge < -0.3 is 19.9 Å². The van der Waals surface area contributed by atoms with Crippen molar-refractivity contribution >= 4 is 11.7 Å². The molecule has 82 valence electrons. The third-order valence-electron chi connectivity index (χ3n) is 1.79. The lowest BCUT2D eigenvalue weighted by atomic mass is 10.3. The molecule has 1 aromatic rings. The van der Waals surface area contributed by atoms with Gasteiger partial charge in [-0.05, 0) is 12.1 Å². The van der Waals surface area contributed by atoms with E-state index in [1.54, 1.807) is 18.2 Å². The van der Waals surface area contributed by atoms with Crippen molar-refractivity contribution in [2.24, 2.45) is 0 Å². The molecule has 0 aliphatic heterocycles. The van der Waals surface area contributed by atoms with Crippen LogP contribution in [0, 0.1) is 0 Å². The Morgan fingerprint density at radius 1 is 1.40 bits per heavy atom. The molecule has 1 rings (SSSR count). The summed E-state index contributed by atoms with van der Waals surface area (Å²) in [4.78, 5) is 10.8. The molecule has 0 radical (unpaired) electrons. The predicted molar refractivity (Wildman–Crippen MR) is 54.9 cm³/mol. The topological polar surface area (TPSA) is 70.8 Å². The number of rotatable bonds is 4. The first-order chi connectivity index (χ1) is 7.17. The zero-order chi connectivity index (χ0) is 11.3. The van der Waals surface area contributed by atoms with Gasteiger partial charge in [0.2, 0.25) is 0 Å². The second kappa shape index (κ2) is 5.09. The monoisotopic (exact) mass is 211 g/mol. The van der Waals surface area contributed by atoms with E-state index in [-0.39, 0.29) is 6.61 Å². The highest BCUT2D eigenvalue weighted by Gasteiger charge is 2.04. The van der Waals surface area contributed by atoms with Crippen molar-refractivity contribution in [3.63, 3.8) is 0 Å². The summed E-state index contributed by atoms with van der Waals surface area (Å²) in [5.74, 6) is 0.628. The van der Waals surface area contributed by atoms with Crippen LogP contribution in [0.3, 0.4) is 0 Å². The fourth-order valence-corrected chi connectivity index (χ4v) is 1.00. The normalized spacial score (nSPS) is 9.47. The van der Waals surface area contributed by atoms with Gasteiger partial charge in [0.25, 0.3) is 0 Å². The Morgan fingerprint density at radius 3 is 2.67 bits per heavy atom. The van der Waals surface area contributed by atoms with Gasteiger partial charge in [0.1, 0.15) is 11.5 Å². The second-order valence-corrected chi connectivity index (χ2v) is 2.77. The van der Waals surface area contributed by atoms with Crippen LogP contribution < -0.4 is 15.2 Å². The Morgan fingerprint density at radius 2 is 2.13 bits per heavy atom. The number of nitrogens with two attached hydrogens (primary N) is 1. The highest BCUT2D eigenvalue weighted by Crippen LogP contribution is 2.25. The third-order valence-corrected chi connectivity index (χ3v) is 1.79. The molecule has 0 fully saturated rings. The predicted octanol–water partition coefficient (Wildman–Crippen LogP) is 0.829. The van der Waals surface area contributed by atoms with Crippen LogP contribution in [-0.4, -0.2) is 26.8 Å². The molecule has 0 aliphatic rings. The van der Waals surface area contributed by atoms with Gasteiger partial charge in [0.15, 0.2) is 6.61 Å². The minimum Gasteiger partial charge on any atom is -0.495 e. The quantitative estimate of drug-likeness (QED) is 0.590. The largest absolute Gasteiger partial charge is 0.495 e. The number of nitrogen functional groups attached to an aromatic ring is 1. The number of esters is 1. The Hall–Kier alpha value is -1.91. The fraction of sp³-hybridized carbons (Fsp3) is 0.300. The van der Waals surface area contributed by atoms with Crippen molar-refractivity contribution in [1.29, 1.82) is 0 Å². The molecule has 2 N–H and O–H groups in total. The molecule has 5 nitrogen and oxygen atoms in total. The number of methoxy groups -OCH3 is 2. The average Bonchev–Trinajstić information content (AvgIpc) is 2.26. The zero-order valence-corrected chi connectivity index (χ0v) is 8.65. The van der Waals surface area contributed by atoms with Crippen LogP contribution in [0.25, 0.3) is 0 Å². The average molecular weight is 211 g/mol. The van der Waals surface area contributed by atoms with Crippen molar-refractivity contribution in [1.82, 2.24) is 0 Å². The van der Waals surface area contributed by atoms with E-state index in [0.29, 0.717) is 17.2 Å². The van der Waals surface area contributed by atoms with E-state index < -0.39 is 5.97 Å². The minimum atomic E-state index is -0.440. The van der Waals surface area contributed by atoms with E-state index in [1.165, 1.54) is 14.2 Å². The maximum absolute atomic E-state index is 10.8. The SMILES string of the molecule is COC(=O)COc1ccc(OC)c(N)c1. The number of ether oxygens (including phenoxy) is 3. The van der Waals surface area contributed by atoms with Crippen LogP contribution in [0.5, 0.6) is 11.5 Å². The molecule has 0 atom stereocenters. The van der Waals surface area contributed by atoms with Crippen LogP contribution >= 0.6 is 0 Å². The van der Waals surface area contributed by atoms with E-state index in [1.807, 2.05) is 0 Å². The minimum absolute atomic E-state index is 0.137. The van der Waals surface area contributed by atoms with E-state index in [0.717, 1.165) is 0 Å². The summed E-state index contributed by atoms with van der Waals surface area (Å²) in [6.45, 7) is -0.137. The maximum atomic E-state index is 10.8. The van der Waals surface area contributed by atoms with Crippen LogP contribution in [0.15, 0.2) is 18.2 Å². The number of anilines is 1. The molecule has 0 saturated heterocycles. The molecule has 15 heavy (non-hydrogen) atoms. The highest BCUT2D eigenvalue weighted by molar-refractivity contribution is 5.71. The first-order valence-electron chi connectivity index (χ1n) is 4.30. The second-order valence-electron chi connectivity index (χ2n) is 2.77. The van der Waals surface area contributed by atoms with Crippen molar-refractivity contribution in [3.05, 3.63) is 18.2 Å². The smallest absolute Gasteiger partial charge is 0.343 e. The zero-order valence-electron chi connectivity index (χ0n) is 8.65. The Labute approximate surface area is 87.7 Å². The van der Waals surface area contributed by atoms with Gasteiger partial charge in [-0.1, -0.05) is 0 Å². The number of benzene rings is 1. The maximum Gasteiger partial charge on any atom is 0.343 e. The number of carbonyl (C=O) groups excluding carboxylic acids is 1. The van der Waals surface area contributed by atoms with Crippen LogP contribution in [0.1, 0.15) is 0 Å². The number of carbonyl (C=O) groups is 1. The molecular formula is C10H13NO4. The molecule has 5 heteroatoms. The number of hydrogen-bond acceptors (Lipinski definition) is 5. The lowest BCUT2D eigenvalue weighted by Gasteiger charge is -2.08. The summed E-state index contributed by atoms with van der Waals surface area (Å²) < 4.78 is 14.5. The van der Waals surface area contributed by atoms with Crippen molar-refractivity contribution in [2.45, 2.75) is 0 Å². The Kier molecular flexibility index (Phi) is 3.79. The summed E-state index contributed by atoms with van der Waals surface area (Å²) in [6, 6.07) is 4.92. The summed E-state index contributed by atoms with van der Waals surface area (Å²) >= 11 is 0. The fourth-order valence-electron chi connectivity index (χ4n) is 1.00. The van der Waals surface area contributed by atoms with Gasteiger partial charge in [0.05, 0.1) is 19.9 Å². The summed E-state index contributed by atoms with van der Waals surface area (Å²) in [6.07, 6.45) is 0. The van der Waals surface area contributed by atoms with E-state index >= 15 is 0 Å². The van der Waals surface area contributed by atoms with Gasteiger partial charge in [-0.3, -0.25) is 0 Å². The van der Waals surface area contributed by atoms with Crippen LogP contribution in [0.4, 0.5) is 5.69 Å². The molecular weight excluding hydrogens is 198 g/mol. The number of hydrogen-bond donors (Lipinski definition) is 1. The molecule has 0 bridgehead atoms. The first kappa shape index (κ1) is 11.2. The Bertz CT molecular complexity index is 351. The molecule has 0 amide bonds. The van der Waals surface area contributed by atoms with E-state index in [2.05, 4.69) is 4.74 Å². The molecule has 0 aliphatic carbocycles. The van der Waals surface area contributed by atoms with Gasteiger partial charge in [-0.2, -0.15) is 0 Å². The summed E-state index contributed by atoms with van der Waals surface area (Å²) in [5.41, 5.74) is 6.11. The van der Waals surface area contributed by atoms with Gasteiger partial charge in [-0.25, -0.2) is 4.79 Å².